The molecule has 0 spiro atoms. The molecular weight excluding hydrogens is 697 g/mol. The molecule has 0 aromatic rings. The summed E-state index contributed by atoms with van der Waals surface area (Å²) in [7, 11) is 0. The summed E-state index contributed by atoms with van der Waals surface area (Å²) >= 11 is 0. The van der Waals surface area contributed by atoms with Gasteiger partial charge in [0.2, 0.25) is 0 Å². The topological polar surface area (TPSA) is 78.9 Å². The third kappa shape index (κ3) is 42.0. The molecule has 0 heterocycles. The van der Waals surface area contributed by atoms with Crippen LogP contribution in [0, 0.1) is 11.8 Å². The summed E-state index contributed by atoms with van der Waals surface area (Å²) < 4.78 is 16.7. The second-order valence-corrected chi connectivity index (χ2v) is 17.8. The summed E-state index contributed by atoms with van der Waals surface area (Å²) in [6.07, 6.45) is 42.5. The van der Waals surface area contributed by atoms with Crippen LogP contribution in [0.1, 0.15) is 272 Å². The maximum absolute atomic E-state index is 12.7. The van der Waals surface area contributed by atoms with Gasteiger partial charge in [0.1, 0.15) is 13.2 Å². The minimum Gasteiger partial charge on any atom is -0.462 e. The second kappa shape index (κ2) is 43.0. The number of hydrogen-bond donors (Lipinski definition) is 0. The van der Waals surface area contributed by atoms with Crippen molar-refractivity contribution in [1.29, 1.82) is 0 Å². The Bertz CT molecular complexity index is 856. The van der Waals surface area contributed by atoms with Crippen molar-refractivity contribution in [2.75, 3.05) is 13.2 Å². The average molecular weight is 793 g/mol. The average Bonchev–Trinajstić information content (AvgIpc) is 3.18. The van der Waals surface area contributed by atoms with Crippen LogP contribution in [0.3, 0.4) is 0 Å². The lowest BCUT2D eigenvalue weighted by Gasteiger charge is -2.18. The molecule has 0 aromatic carbocycles. The Labute approximate surface area is 348 Å². The van der Waals surface area contributed by atoms with Crippen LogP contribution in [0.2, 0.25) is 0 Å². The quantitative estimate of drug-likeness (QED) is 0.0347. The number of esters is 3. The Hall–Kier alpha value is -1.59. The van der Waals surface area contributed by atoms with Gasteiger partial charge in [-0.25, -0.2) is 0 Å². The third-order valence-corrected chi connectivity index (χ3v) is 11.6. The lowest BCUT2D eigenvalue weighted by Crippen LogP contribution is -2.30. The van der Waals surface area contributed by atoms with Crippen molar-refractivity contribution < 1.29 is 28.6 Å². The van der Waals surface area contributed by atoms with E-state index in [4.69, 9.17) is 14.2 Å². The van der Waals surface area contributed by atoms with Gasteiger partial charge >= 0.3 is 17.9 Å². The van der Waals surface area contributed by atoms with Crippen molar-refractivity contribution in [1.82, 2.24) is 0 Å². The van der Waals surface area contributed by atoms with Crippen LogP contribution < -0.4 is 0 Å². The molecule has 0 amide bonds. The standard InChI is InChI=1S/C50H96O6/c1-6-8-9-10-11-12-13-14-15-16-17-18-19-20-21-24-30-35-40-48(51)54-43-47(56-50(53)42-37-32-27-26-29-34-39-46(5)7-2)44-55-49(52)41-36-31-25-22-23-28-33-38-45(3)4/h45-47H,6-44H2,1-5H3/t46?,47-/m0/s1. The summed E-state index contributed by atoms with van der Waals surface area (Å²) in [6, 6.07) is 0. The lowest BCUT2D eigenvalue weighted by molar-refractivity contribution is -0.167. The van der Waals surface area contributed by atoms with E-state index >= 15 is 0 Å². The highest BCUT2D eigenvalue weighted by Gasteiger charge is 2.19. The molecule has 0 aliphatic heterocycles. The van der Waals surface area contributed by atoms with Crippen LogP contribution in [0.4, 0.5) is 0 Å². The van der Waals surface area contributed by atoms with Gasteiger partial charge in [-0.15, -0.1) is 0 Å². The first kappa shape index (κ1) is 54.4. The van der Waals surface area contributed by atoms with E-state index in [1.807, 2.05) is 0 Å². The molecule has 56 heavy (non-hydrogen) atoms. The lowest BCUT2D eigenvalue weighted by atomic mass is 10.00. The molecule has 0 aromatic heterocycles. The third-order valence-electron chi connectivity index (χ3n) is 11.6. The SMILES string of the molecule is CCCCCCCCCCCCCCCCCCCCC(=O)OC[C@@H](COC(=O)CCCCCCCCCC(C)C)OC(=O)CCCCCCCCC(C)CC. The molecule has 1 unspecified atom stereocenters. The first-order valence-electron chi connectivity index (χ1n) is 24.8. The molecule has 6 heteroatoms. The number of rotatable bonds is 44. The van der Waals surface area contributed by atoms with Crippen molar-refractivity contribution >= 4 is 17.9 Å². The fourth-order valence-electron chi connectivity index (χ4n) is 7.43. The summed E-state index contributed by atoms with van der Waals surface area (Å²) in [5.74, 6) is 0.732. The van der Waals surface area contributed by atoms with Crippen molar-refractivity contribution in [3.8, 4) is 0 Å². The minimum absolute atomic E-state index is 0.0656. The highest BCUT2D eigenvalue weighted by molar-refractivity contribution is 5.71. The van der Waals surface area contributed by atoms with Gasteiger partial charge in [-0.2, -0.15) is 0 Å². The smallest absolute Gasteiger partial charge is 0.306 e. The van der Waals surface area contributed by atoms with Gasteiger partial charge in [-0.1, -0.05) is 234 Å². The molecule has 0 radical (unpaired) electrons. The van der Waals surface area contributed by atoms with E-state index in [1.165, 1.54) is 161 Å². The summed E-state index contributed by atoms with van der Waals surface area (Å²) in [5, 5.41) is 0. The van der Waals surface area contributed by atoms with Gasteiger partial charge in [0.15, 0.2) is 6.10 Å². The Morgan fingerprint density at radius 3 is 1.02 bits per heavy atom. The van der Waals surface area contributed by atoms with Crippen LogP contribution in [-0.4, -0.2) is 37.2 Å². The highest BCUT2D eigenvalue weighted by Crippen LogP contribution is 2.17. The maximum Gasteiger partial charge on any atom is 0.306 e. The van der Waals surface area contributed by atoms with Crippen LogP contribution in [0.15, 0.2) is 0 Å². The van der Waals surface area contributed by atoms with Gasteiger partial charge in [-0.05, 0) is 31.1 Å². The molecule has 0 saturated carbocycles. The maximum atomic E-state index is 12.7. The Kier molecular flexibility index (Phi) is 41.8. The summed E-state index contributed by atoms with van der Waals surface area (Å²) in [4.78, 5) is 37.8. The molecule has 0 N–H and O–H groups in total. The normalized spacial score (nSPS) is 12.5. The van der Waals surface area contributed by atoms with Gasteiger partial charge < -0.3 is 14.2 Å². The van der Waals surface area contributed by atoms with E-state index in [0.29, 0.717) is 19.3 Å². The second-order valence-electron chi connectivity index (χ2n) is 17.8. The molecule has 0 aliphatic carbocycles. The molecule has 2 atom stereocenters. The van der Waals surface area contributed by atoms with Crippen molar-refractivity contribution in [3.05, 3.63) is 0 Å². The largest absolute Gasteiger partial charge is 0.462 e. The van der Waals surface area contributed by atoms with Gasteiger partial charge in [0.25, 0.3) is 0 Å². The predicted octanol–water partition coefficient (Wildman–Crippen LogP) is 15.8. The zero-order valence-corrected chi connectivity index (χ0v) is 38.3. The molecule has 6 nitrogen and oxygen atoms in total. The van der Waals surface area contributed by atoms with E-state index in [0.717, 1.165) is 69.6 Å². The van der Waals surface area contributed by atoms with E-state index in [2.05, 4.69) is 34.6 Å². The number of ether oxygens (including phenoxy) is 3. The molecule has 0 saturated heterocycles. The minimum atomic E-state index is -0.762. The predicted molar refractivity (Wildman–Crippen MR) is 238 cm³/mol. The monoisotopic (exact) mass is 793 g/mol. The first-order valence-corrected chi connectivity index (χ1v) is 24.8. The highest BCUT2D eigenvalue weighted by atomic mass is 16.6. The number of carbonyl (C=O) groups is 3. The number of carbonyl (C=O) groups excluding carboxylic acids is 3. The molecule has 0 bridgehead atoms. The fraction of sp³-hybridized carbons (Fsp3) is 0.940. The van der Waals surface area contributed by atoms with Crippen LogP contribution in [0.5, 0.6) is 0 Å². The summed E-state index contributed by atoms with van der Waals surface area (Å²) in [5.41, 5.74) is 0. The number of hydrogen-bond acceptors (Lipinski definition) is 6. The molecule has 332 valence electrons. The zero-order valence-electron chi connectivity index (χ0n) is 38.3. The Morgan fingerprint density at radius 2 is 0.679 bits per heavy atom. The molecular formula is C50H96O6. The Morgan fingerprint density at radius 1 is 0.375 bits per heavy atom. The molecule has 0 fully saturated rings. The molecule has 0 rings (SSSR count). The zero-order chi connectivity index (χ0) is 41.2. The number of unbranched alkanes of at least 4 members (excludes halogenated alkanes) is 28. The van der Waals surface area contributed by atoms with E-state index < -0.39 is 6.10 Å². The Balaban J connectivity index is 4.24. The van der Waals surface area contributed by atoms with E-state index in [9.17, 15) is 14.4 Å². The van der Waals surface area contributed by atoms with Crippen molar-refractivity contribution in [2.24, 2.45) is 11.8 Å². The van der Waals surface area contributed by atoms with Gasteiger partial charge in [0, 0.05) is 19.3 Å². The van der Waals surface area contributed by atoms with E-state index in [1.54, 1.807) is 0 Å². The fourth-order valence-corrected chi connectivity index (χ4v) is 7.43. The first-order chi connectivity index (χ1) is 27.3. The van der Waals surface area contributed by atoms with Crippen LogP contribution in [-0.2, 0) is 28.6 Å². The summed E-state index contributed by atoms with van der Waals surface area (Å²) in [6.45, 7) is 11.3. The van der Waals surface area contributed by atoms with E-state index in [-0.39, 0.29) is 31.1 Å². The van der Waals surface area contributed by atoms with Crippen molar-refractivity contribution in [3.63, 3.8) is 0 Å². The van der Waals surface area contributed by atoms with Gasteiger partial charge in [-0.3, -0.25) is 14.4 Å². The van der Waals surface area contributed by atoms with Crippen LogP contribution in [0.25, 0.3) is 0 Å². The van der Waals surface area contributed by atoms with Gasteiger partial charge in [0.05, 0.1) is 0 Å². The van der Waals surface area contributed by atoms with Crippen molar-refractivity contribution in [2.45, 2.75) is 278 Å². The molecule has 0 aliphatic rings. The van der Waals surface area contributed by atoms with Crippen LogP contribution >= 0.6 is 0 Å².